The number of carboxylic acid groups (broad SMARTS) is 1. The highest BCUT2D eigenvalue weighted by atomic mass is 79.9. The highest BCUT2D eigenvalue weighted by molar-refractivity contribution is 9.10. The van der Waals surface area contributed by atoms with E-state index >= 15 is 0 Å². The Hall–Kier alpha value is -1.56. The quantitative estimate of drug-likeness (QED) is 0.858. The molecule has 5 nitrogen and oxygen atoms in total. The Labute approximate surface area is 138 Å². The monoisotopic (exact) mass is 368 g/mol. The molecule has 1 aromatic carbocycles. The summed E-state index contributed by atoms with van der Waals surface area (Å²) in [6.07, 6.45) is 1.81. The molecule has 0 aliphatic carbocycles. The van der Waals surface area contributed by atoms with Crippen molar-refractivity contribution >= 4 is 27.9 Å². The van der Waals surface area contributed by atoms with Crippen molar-refractivity contribution in [2.75, 3.05) is 13.1 Å². The maximum atomic E-state index is 12.2. The van der Waals surface area contributed by atoms with E-state index in [2.05, 4.69) is 21.2 Å². The first-order valence-electron chi connectivity index (χ1n) is 7.49. The van der Waals surface area contributed by atoms with Gasteiger partial charge in [0.25, 0.3) is 0 Å². The third-order valence-corrected chi connectivity index (χ3v) is 4.76. The lowest BCUT2D eigenvalue weighted by atomic mass is 9.97. The van der Waals surface area contributed by atoms with Gasteiger partial charge in [0, 0.05) is 23.6 Å². The van der Waals surface area contributed by atoms with Crippen LogP contribution in [0, 0.1) is 5.92 Å². The fraction of sp³-hybridized carbons (Fsp3) is 0.500. The highest BCUT2D eigenvalue weighted by Gasteiger charge is 2.27. The molecule has 2 rings (SSSR count). The normalized spacial score (nSPS) is 17.1. The number of benzene rings is 1. The summed E-state index contributed by atoms with van der Waals surface area (Å²) in [6, 6.07) is 7.87. The summed E-state index contributed by atoms with van der Waals surface area (Å²) in [5.74, 6) is -1.08. The molecule has 1 atom stereocenters. The summed E-state index contributed by atoms with van der Waals surface area (Å²) in [5.41, 5.74) is 1.15. The van der Waals surface area contributed by atoms with Crippen LogP contribution < -0.4 is 5.32 Å². The van der Waals surface area contributed by atoms with Gasteiger partial charge in [-0.05, 0) is 37.8 Å². The summed E-state index contributed by atoms with van der Waals surface area (Å²) in [4.78, 5) is 24.8. The van der Waals surface area contributed by atoms with Crippen molar-refractivity contribution in [1.29, 1.82) is 0 Å². The summed E-state index contributed by atoms with van der Waals surface area (Å²) in [5, 5.41) is 12.0. The largest absolute Gasteiger partial charge is 0.481 e. The molecule has 6 heteroatoms. The van der Waals surface area contributed by atoms with Crippen LogP contribution >= 0.6 is 15.9 Å². The van der Waals surface area contributed by atoms with Crippen LogP contribution in [0.25, 0.3) is 0 Å². The lowest BCUT2D eigenvalue weighted by Gasteiger charge is -2.31. The molecule has 0 spiro atoms. The topological polar surface area (TPSA) is 69.6 Å². The smallest absolute Gasteiger partial charge is 0.317 e. The molecule has 1 aromatic rings. The van der Waals surface area contributed by atoms with E-state index < -0.39 is 5.97 Å². The summed E-state index contributed by atoms with van der Waals surface area (Å²) in [6.45, 7) is 2.98. The fourth-order valence-electron chi connectivity index (χ4n) is 2.68. The zero-order chi connectivity index (χ0) is 16.1. The second-order valence-electron chi connectivity index (χ2n) is 5.75. The first-order valence-corrected chi connectivity index (χ1v) is 8.28. The van der Waals surface area contributed by atoms with Crippen LogP contribution in [0.5, 0.6) is 0 Å². The zero-order valence-corrected chi connectivity index (χ0v) is 14.2. The number of likely N-dealkylation sites (tertiary alicyclic amines) is 1. The number of aliphatic carboxylic acids is 1. The summed E-state index contributed by atoms with van der Waals surface area (Å²) >= 11 is 3.51. The number of piperidine rings is 1. The Bertz CT molecular complexity index is 542. The van der Waals surface area contributed by atoms with E-state index in [1.54, 1.807) is 4.90 Å². The standard InChI is InChI=1S/C16H21BrN2O3/c1-11(10-13-4-2-3-5-14(13)17)18-16(22)19-8-6-12(7-9-19)15(20)21/h2-5,11-12H,6-10H2,1H3,(H,18,22)(H,20,21). The number of amides is 2. The van der Waals surface area contributed by atoms with Gasteiger partial charge in [0.2, 0.25) is 0 Å². The zero-order valence-electron chi connectivity index (χ0n) is 12.6. The van der Waals surface area contributed by atoms with Crippen molar-refractivity contribution in [1.82, 2.24) is 10.2 Å². The molecule has 0 saturated carbocycles. The minimum absolute atomic E-state index is 0.0170. The second-order valence-corrected chi connectivity index (χ2v) is 6.60. The number of carbonyl (C=O) groups excluding carboxylic acids is 1. The van der Waals surface area contributed by atoms with Crippen molar-refractivity contribution in [3.63, 3.8) is 0 Å². The molecule has 120 valence electrons. The Kier molecular flexibility index (Phi) is 5.83. The second kappa shape index (κ2) is 7.63. The van der Waals surface area contributed by atoms with Crippen molar-refractivity contribution in [3.05, 3.63) is 34.3 Å². The molecule has 1 aliphatic heterocycles. The molecule has 0 aromatic heterocycles. The van der Waals surface area contributed by atoms with Gasteiger partial charge in [-0.2, -0.15) is 0 Å². The van der Waals surface area contributed by atoms with Crippen LogP contribution in [0.15, 0.2) is 28.7 Å². The van der Waals surface area contributed by atoms with Crippen LogP contribution in [0.2, 0.25) is 0 Å². The summed E-state index contributed by atoms with van der Waals surface area (Å²) < 4.78 is 1.04. The SMILES string of the molecule is CC(Cc1ccccc1Br)NC(=O)N1CCC(C(=O)O)CC1. The molecule has 22 heavy (non-hydrogen) atoms. The average Bonchev–Trinajstić information content (AvgIpc) is 2.49. The van der Waals surface area contributed by atoms with Gasteiger partial charge in [0.05, 0.1) is 5.92 Å². The van der Waals surface area contributed by atoms with E-state index in [0.29, 0.717) is 25.9 Å². The van der Waals surface area contributed by atoms with E-state index in [1.165, 1.54) is 0 Å². The average molecular weight is 369 g/mol. The van der Waals surface area contributed by atoms with Crippen molar-refractivity contribution in [2.24, 2.45) is 5.92 Å². The third kappa shape index (κ3) is 4.47. The van der Waals surface area contributed by atoms with Crippen LogP contribution in [0.4, 0.5) is 4.79 Å². The molecular weight excluding hydrogens is 348 g/mol. The molecule has 2 N–H and O–H groups in total. The van der Waals surface area contributed by atoms with Crippen LogP contribution in [-0.2, 0) is 11.2 Å². The molecular formula is C16H21BrN2O3. The number of hydrogen-bond acceptors (Lipinski definition) is 2. The lowest BCUT2D eigenvalue weighted by molar-refractivity contribution is -0.143. The van der Waals surface area contributed by atoms with Crippen LogP contribution in [0.1, 0.15) is 25.3 Å². The Morgan fingerprint density at radius 2 is 2.00 bits per heavy atom. The Morgan fingerprint density at radius 3 is 2.59 bits per heavy atom. The molecule has 1 aliphatic rings. The Balaban J connectivity index is 1.82. The highest BCUT2D eigenvalue weighted by Crippen LogP contribution is 2.19. The summed E-state index contributed by atoms with van der Waals surface area (Å²) in [7, 11) is 0. The number of carboxylic acids is 1. The Morgan fingerprint density at radius 1 is 1.36 bits per heavy atom. The fourth-order valence-corrected chi connectivity index (χ4v) is 3.12. The first kappa shape index (κ1) is 16.8. The molecule has 1 unspecified atom stereocenters. The lowest BCUT2D eigenvalue weighted by Crippen LogP contribution is -2.48. The number of nitrogens with one attached hydrogen (secondary N) is 1. The van der Waals surface area contributed by atoms with E-state index in [9.17, 15) is 9.59 Å². The maximum absolute atomic E-state index is 12.2. The number of urea groups is 1. The number of rotatable bonds is 4. The molecule has 2 amide bonds. The van der Waals surface area contributed by atoms with E-state index in [4.69, 9.17) is 5.11 Å². The number of carbonyl (C=O) groups is 2. The van der Waals surface area contributed by atoms with Gasteiger partial charge in [-0.1, -0.05) is 34.1 Å². The predicted octanol–water partition coefficient (Wildman–Crippen LogP) is 2.89. The van der Waals surface area contributed by atoms with Gasteiger partial charge >= 0.3 is 12.0 Å². The minimum atomic E-state index is -0.762. The molecule has 1 fully saturated rings. The van der Waals surface area contributed by atoms with Gasteiger partial charge in [-0.25, -0.2) is 4.79 Å². The maximum Gasteiger partial charge on any atom is 0.317 e. The molecule has 1 heterocycles. The number of nitrogens with zero attached hydrogens (tertiary/aromatic N) is 1. The molecule has 1 saturated heterocycles. The van der Waals surface area contributed by atoms with Gasteiger partial charge in [-0.15, -0.1) is 0 Å². The van der Waals surface area contributed by atoms with Gasteiger partial charge in [-0.3, -0.25) is 4.79 Å². The molecule has 0 bridgehead atoms. The van der Waals surface area contributed by atoms with Crippen molar-refractivity contribution in [2.45, 2.75) is 32.2 Å². The molecule has 0 radical (unpaired) electrons. The number of halogens is 1. The number of hydrogen-bond donors (Lipinski definition) is 2. The van der Waals surface area contributed by atoms with E-state index in [-0.39, 0.29) is 18.0 Å². The van der Waals surface area contributed by atoms with Crippen molar-refractivity contribution < 1.29 is 14.7 Å². The van der Waals surface area contributed by atoms with Crippen LogP contribution in [-0.4, -0.2) is 41.1 Å². The van der Waals surface area contributed by atoms with E-state index in [1.807, 2.05) is 31.2 Å². The van der Waals surface area contributed by atoms with Crippen molar-refractivity contribution in [3.8, 4) is 0 Å². The third-order valence-electron chi connectivity index (χ3n) is 3.99. The minimum Gasteiger partial charge on any atom is -0.481 e. The predicted molar refractivity (Wildman–Crippen MR) is 87.8 cm³/mol. The van der Waals surface area contributed by atoms with Crippen LogP contribution in [0.3, 0.4) is 0 Å². The van der Waals surface area contributed by atoms with Gasteiger partial charge < -0.3 is 15.3 Å². The van der Waals surface area contributed by atoms with Gasteiger partial charge in [0.1, 0.15) is 0 Å². The first-order chi connectivity index (χ1) is 10.5. The van der Waals surface area contributed by atoms with Gasteiger partial charge in [0.15, 0.2) is 0 Å². The van der Waals surface area contributed by atoms with E-state index in [0.717, 1.165) is 16.5 Å².